The summed E-state index contributed by atoms with van der Waals surface area (Å²) in [4.78, 5) is 3.18. The van der Waals surface area contributed by atoms with E-state index in [0.29, 0.717) is 0 Å². The van der Waals surface area contributed by atoms with Gasteiger partial charge >= 0.3 is 0 Å². The fraction of sp³-hybridized carbons (Fsp3) is 0.231. The monoisotopic (exact) mass is 235 g/mol. The summed E-state index contributed by atoms with van der Waals surface area (Å²) in [6.45, 7) is 2.14. The van der Waals surface area contributed by atoms with E-state index >= 15 is 0 Å². The van der Waals surface area contributed by atoms with Gasteiger partial charge in [0.15, 0.2) is 0 Å². The van der Waals surface area contributed by atoms with Gasteiger partial charge in [-0.05, 0) is 29.3 Å². The Kier molecular flexibility index (Phi) is 3.32. The maximum absolute atomic E-state index is 9.07. The first-order chi connectivity index (χ1) is 7.70. The van der Waals surface area contributed by atoms with Crippen molar-refractivity contribution in [2.45, 2.75) is 12.8 Å². The number of aliphatic hydroxyl groups is 1. The zero-order valence-corrected chi connectivity index (χ0v) is 9.83. The van der Waals surface area contributed by atoms with Crippen LogP contribution in [0.4, 0.5) is 0 Å². The van der Waals surface area contributed by atoms with Gasteiger partial charge in [0.2, 0.25) is 0 Å². The lowest BCUT2D eigenvalue weighted by atomic mass is 10.1. The molecule has 2 nitrogen and oxygen atoms in total. The molecule has 1 aromatic carbocycles. The largest absolute Gasteiger partial charge is 0.396 e. The molecular weight excluding hydrogens is 222 g/mol. The Bertz CT molecular complexity index is 461. The van der Waals surface area contributed by atoms with E-state index in [0.717, 1.165) is 21.8 Å². The summed E-state index contributed by atoms with van der Waals surface area (Å²) in [5, 5.41) is 9.81. The molecule has 1 aromatic heterocycles. The Hall–Kier alpha value is -1.25. The summed E-state index contributed by atoms with van der Waals surface area (Å²) < 4.78 is 0. The Labute approximate surface area is 99.9 Å². The van der Waals surface area contributed by atoms with Crippen LogP contribution in [0.25, 0.3) is 11.1 Å². The molecular formula is C13H14ClNO. The van der Waals surface area contributed by atoms with Crippen LogP contribution in [0.3, 0.4) is 0 Å². The van der Waals surface area contributed by atoms with Crippen molar-refractivity contribution in [3.63, 3.8) is 0 Å². The molecule has 0 fully saturated rings. The van der Waals surface area contributed by atoms with Crippen LogP contribution in [0.2, 0.25) is 5.02 Å². The van der Waals surface area contributed by atoms with Crippen LogP contribution < -0.4 is 0 Å². The molecule has 0 aliphatic heterocycles. The quantitative estimate of drug-likeness (QED) is 0.840. The van der Waals surface area contributed by atoms with Crippen molar-refractivity contribution >= 4 is 11.6 Å². The Balaban J connectivity index is 2.28. The molecule has 0 radical (unpaired) electrons. The number of aliphatic hydroxyl groups excluding tert-OH is 1. The summed E-state index contributed by atoms with van der Waals surface area (Å²) in [6.07, 6.45) is 1.95. The van der Waals surface area contributed by atoms with Gasteiger partial charge in [0, 0.05) is 22.8 Å². The molecule has 0 saturated carbocycles. The molecule has 2 rings (SSSR count). The predicted octanol–water partition coefficient (Wildman–Crippen LogP) is 3.43. The molecule has 0 spiro atoms. The smallest absolute Gasteiger partial charge is 0.0511 e. The summed E-state index contributed by atoms with van der Waals surface area (Å²) in [5.41, 5.74) is 3.29. The van der Waals surface area contributed by atoms with Gasteiger partial charge in [-0.1, -0.05) is 30.7 Å². The number of aromatic amines is 1. The fourth-order valence-corrected chi connectivity index (χ4v) is 1.73. The highest BCUT2D eigenvalue weighted by Crippen LogP contribution is 2.24. The zero-order chi connectivity index (χ0) is 11.5. The number of H-pyrrole nitrogens is 1. The average molecular weight is 236 g/mol. The van der Waals surface area contributed by atoms with Crippen LogP contribution in [-0.2, 0) is 0 Å². The van der Waals surface area contributed by atoms with Crippen molar-refractivity contribution in [1.82, 2.24) is 4.98 Å². The molecule has 0 saturated heterocycles. The maximum Gasteiger partial charge on any atom is 0.0511 e. The lowest BCUT2D eigenvalue weighted by Crippen LogP contribution is -1.98. The van der Waals surface area contributed by atoms with Gasteiger partial charge in [-0.3, -0.25) is 0 Å². The highest BCUT2D eigenvalue weighted by atomic mass is 35.5. The minimum atomic E-state index is 0.140. The number of halogens is 1. The second-order valence-corrected chi connectivity index (χ2v) is 4.37. The first-order valence-electron chi connectivity index (χ1n) is 5.26. The van der Waals surface area contributed by atoms with Gasteiger partial charge in [-0.2, -0.15) is 0 Å². The molecule has 2 N–H and O–H groups in total. The highest BCUT2D eigenvalue weighted by molar-refractivity contribution is 6.30. The van der Waals surface area contributed by atoms with E-state index < -0.39 is 0 Å². The van der Waals surface area contributed by atoms with Gasteiger partial charge < -0.3 is 10.1 Å². The van der Waals surface area contributed by atoms with Gasteiger partial charge in [0.25, 0.3) is 0 Å². The standard InChI is InChI=1S/C13H14ClNO/c1-9(8-16)13-6-11(7-15-13)10-2-4-12(14)5-3-10/h2-7,9,15-16H,8H2,1H3. The summed E-state index contributed by atoms with van der Waals surface area (Å²) in [5.74, 6) is 0.140. The van der Waals surface area contributed by atoms with Gasteiger partial charge in [0.05, 0.1) is 6.61 Å². The van der Waals surface area contributed by atoms with Crippen molar-refractivity contribution in [2.24, 2.45) is 0 Å². The Morgan fingerprint density at radius 1 is 1.25 bits per heavy atom. The fourth-order valence-electron chi connectivity index (χ4n) is 1.60. The van der Waals surface area contributed by atoms with Gasteiger partial charge in [0.1, 0.15) is 0 Å². The number of hydrogen-bond acceptors (Lipinski definition) is 1. The minimum absolute atomic E-state index is 0.140. The van der Waals surface area contributed by atoms with E-state index in [1.165, 1.54) is 0 Å². The van der Waals surface area contributed by atoms with Crippen LogP contribution in [0, 0.1) is 0 Å². The first-order valence-corrected chi connectivity index (χ1v) is 5.63. The Morgan fingerprint density at radius 2 is 1.94 bits per heavy atom. The molecule has 3 heteroatoms. The second kappa shape index (κ2) is 4.73. The average Bonchev–Trinajstić information content (AvgIpc) is 2.78. The van der Waals surface area contributed by atoms with E-state index in [4.69, 9.17) is 16.7 Å². The third kappa shape index (κ3) is 2.29. The normalized spacial score (nSPS) is 12.7. The molecule has 0 bridgehead atoms. The zero-order valence-electron chi connectivity index (χ0n) is 9.07. The van der Waals surface area contributed by atoms with Crippen LogP contribution in [0.1, 0.15) is 18.5 Å². The number of aromatic nitrogens is 1. The lowest BCUT2D eigenvalue weighted by molar-refractivity contribution is 0.271. The molecule has 2 aromatic rings. The highest BCUT2D eigenvalue weighted by Gasteiger charge is 2.07. The molecule has 16 heavy (non-hydrogen) atoms. The molecule has 1 heterocycles. The molecule has 84 valence electrons. The van der Waals surface area contributed by atoms with E-state index in [1.54, 1.807) is 0 Å². The summed E-state index contributed by atoms with van der Waals surface area (Å²) >= 11 is 5.84. The SMILES string of the molecule is CC(CO)c1cc(-c2ccc(Cl)cc2)c[nH]1. The topological polar surface area (TPSA) is 36.0 Å². The van der Waals surface area contributed by atoms with Gasteiger partial charge in [-0.25, -0.2) is 0 Å². The van der Waals surface area contributed by atoms with E-state index in [-0.39, 0.29) is 12.5 Å². The van der Waals surface area contributed by atoms with E-state index in [2.05, 4.69) is 11.1 Å². The number of nitrogens with one attached hydrogen (secondary N) is 1. The second-order valence-electron chi connectivity index (χ2n) is 3.93. The number of benzene rings is 1. The molecule has 1 atom stereocenters. The lowest BCUT2D eigenvalue weighted by Gasteiger charge is -2.03. The molecule has 0 aliphatic carbocycles. The van der Waals surface area contributed by atoms with E-state index in [1.807, 2.05) is 37.4 Å². The van der Waals surface area contributed by atoms with Crippen LogP contribution in [0.15, 0.2) is 36.5 Å². The minimum Gasteiger partial charge on any atom is -0.396 e. The predicted molar refractivity (Wildman–Crippen MR) is 66.7 cm³/mol. The van der Waals surface area contributed by atoms with Crippen molar-refractivity contribution in [2.75, 3.05) is 6.61 Å². The molecule has 0 amide bonds. The number of hydrogen-bond donors (Lipinski definition) is 2. The van der Waals surface area contributed by atoms with Crippen LogP contribution in [0.5, 0.6) is 0 Å². The van der Waals surface area contributed by atoms with Crippen molar-refractivity contribution in [3.8, 4) is 11.1 Å². The molecule has 1 unspecified atom stereocenters. The van der Waals surface area contributed by atoms with Crippen molar-refractivity contribution < 1.29 is 5.11 Å². The van der Waals surface area contributed by atoms with Crippen LogP contribution >= 0.6 is 11.6 Å². The third-order valence-electron chi connectivity index (χ3n) is 2.69. The maximum atomic E-state index is 9.07. The molecule has 0 aliphatic rings. The van der Waals surface area contributed by atoms with Crippen molar-refractivity contribution in [3.05, 3.63) is 47.2 Å². The van der Waals surface area contributed by atoms with Crippen molar-refractivity contribution in [1.29, 1.82) is 0 Å². The first kappa shape index (κ1) is 11.2. The van der Waals surface area contributed by atoms with E-state index in [9.17, 15) is 0 Å². The van der Waals surface area contributed by atoms with Gasteiger partial charge in [-0.15, -0.1) is 0 Å². The summed E-state index contributed by atoms with van der Waals surface area (Å²) in [7, 11) is 0. The Morgan fingerprint density at radius 3 is 2.56 bits per heavy atom. The number of rotatable bonds is 3. The third-order valence-corrected chi connectivity index (χ3v) is 2.94. The summed E-state index contributed by atoms with van der Waals surface area (Å²) in [6, 6.07) is 9.78. The van der Waals surface area contributed by atoms with Crippen LogP contribution in [-0.4, -0.2) is 16.7 Å².